The number of hydrogen-bond donors (Lipinski definition) is 0. The highest BCUT2D eigenvalue weighted by molar-refractivity contribution is 8.15. The van der Waals surface area contributed by atoms with Crippen LogP contribution in [0.25, 0.3) is 0 Å². The fraction of sp³-hybridized carbons (Fsp3) is 0.250. The molecular formula is C20H20FN3O3S. The number of hydrogen-bond acceptors (Lipinski definition) is 6. The SMILES string of the molecule is COc1ccc(C=NN=C2SC(C)C(=O)N2Cc2ccc(F)cc2)c(OC)c1. The molecule has 6 nitrogen and oxygen atoms in total. The van der Waals surface area contributed by atoms with Crippen molar-refractivity contribution >= 4 is 29.1 Å². The van der Waals surface area contributed by atoms with Crippen molar-refractivity contribution in [2.75, 3.05) is 14.2 Å². The molecule has 0 aromatic heterocycles. The molecule has 0 bridgehead atoms. The van der Waals surface area contributed by atoms with Gasteiger partial charge in [-0.05, 0) is 36.8 Å². The van der Waals surface area contributed by atoms with E-state index in [1.165, 1.54) is 23.9 Å². The van der Waals surface area contributed by atoms with Crippen LogP contribution < -0.4 is 9.47 Å². The zero-order chi connectivity index (χ0) is 20.1. The van der Waals surface area contributed by atoms with Gasteiger partial charge in [0.05, 0.1) is 32.2 Å². The zero-order valence-corrected chi connectivity index (χ0v) is 16.6. The van der Waals surface area contributed by atoms with Crippen molar-refractivity contribution in [2.45, 2.75) is 18.7 Å². The van der Waals surface area contributed by atoms with Crippen LogP contribution in [-0.4, -0.2) is 41.7 Å². The van der Waals surface area contributed by atoms with Gasteiger partial charge in [0.15, 0.2) is 5.17 Å². The van der Waals surface area contributed by atoms with E-state index in [9.17, 15) is 9.18 Å². The lowest BCUT2D eigenvalue weighted by Crippen LogP contribution is -2.30. The summed E-state index contributed by atoms with van der Waals surface area (Å²) in [6.45, 7) is 2.14. The van der Waals surface area contributed by atoms with Crippen molar-refractivity contribution in [3.05, 3.63) is 59.4 Å². The third-order valence-corrected chi connectivity index (χ3v) is 5.23. The summed E-state index contributed by atoms with van der Waals surface area (Å²) in [5.74, 6) is 0.919. The molecule has 1 saturated heterocycles. The first kappa shape index (κ1) is 19.9. The summed E-state index contributed by atoms with van der Waals surface area (Å²) in [5.41, 5.74) is 1.55. The van der Waals surface area contributed by atoms with Crippen LogP contribution >= 0.6 is 11.8 Å². The summed E-state index contributed by atoms with van der Waals surface area (Å²) in [4.78, 5) is 14.0. The first-order valence-corrected chi connectivity index (χ1v) is 9.45. The lowest BCUT2D eigenvalue weighted by Gasteiger charge is -2.15. The van der Waals surface area contributed by atoms with Gasteiger partial charge in [0.25, 0.3) is 0 Å². The van der Waals surface area contributed by atoms with E-state index >= 15 is 0 Å². The predicted octanol–water partition coefficient (Wildman–Crippen LogP) is 3.70. The molecule has 0 saturated carbocycles. The van der Waals surface area contributed by atoms with Gasteiger partial charge in [0.2, 0.25) is 5.91 Å². The Bertz CT molecular complexity index is 915. The van der Waals surface area contributed by atoms with Crippen molar-refractivity contribution in [1.29, 1.82) is 0 Å². The van der Waals surface area contributed by atoms with E-state index in [-0.39, 0.29) is 17.0 Å². The van der Waals surface area contributed by atoms with Gasteiger partial charge >= 0.3 is 0 Å². The highest BCUT2D eigenvalue weighted by Gasteiger charge is 2.35. The van der Waals surface area contributed by atoms with E-state index in [2.05, 4.69) is 10.2 Å². The summed E-state index contributed by atoms with van der Waals surface area (Å²) in [5, 5.41) is 8.62. The maximum Gasteiger partial charge on any atom is 0.242 e. The summed E-state index contributed by atoms with van der Waals surface area (Å²) in [6, 6.07) is 11.4. The number of halogens is 1. The van der Waals surface area contributed by atoms with E-state index in [1.807, 2.05) is 13.0 Å². The number of amides is 1. The molecular weight excluding hydrogens is 381 g/mol. The third kappa shape index (κ3) is 4.51. The Kier molecular flexibility index (Phi) is 6.30. The molecule has 1 aliphatic rings. The molecule has 3 rings (SSSR count). The monoisotopic (exact) mass is 401 g/mol. The second kappa shape index (κ2) is 8.88. The van der Waals surface area contributed by atoms with E-state index in [1.54, 1.807) is 49.6 Å². The molecule has 0 radical (unpaired) electrons. The molecule has 1 unspecified atom stereocenters. The highest BCUT2D eigenvalue weighted by Crippen LogP contribution is 2.29. The smallest absolute Gasteiger partial charge is 0.242 e. The van der Waals surface area contributed by atoms with Crippen LogP contribution in [0.2, 0.25) is 0 Å². The highest BCUT2D eigenvalue weighted by atomic mass is 32.2. The van der Waals surface area contributed by atoms with Crippen molar-refractivity contribution < 1.29 is 18.7 Å². The third-order valence-electron chi connectivity index (χ3n) is 4.16. The van der Waals surface area contributed by atoms with Gasteiger partial charge in [0, 0.05) is 11.6 Å². The second-order valence-electron chi connectivity index (χ2n) is 6.05. The van der Waals surface area contributed by atoms with Crippen molar-refractivity contribution in [1.82, 2.24) is 4.90 Å². The Morgan fingerprint density at radius 2 is 1.93 bits per heavy atom. The molecule has 1 fully saturated rings. The summed E-state index contributed by atoms with van der Waals surface area (Å²) in [6.07, 6.45) is 1.56. The minimum absolute atomic E-state index is 0.0506. The van der Waals surface area contributed by atoms with Crippen LogP contribution in [0.1, 0.15) is 18.1 Å². The van der Waals surface area contributed by atoms with E-state index < -0.39 is 0 Å². The molecule has 0 spiro atoms. The maximum absolute atomic E-state index is 13.1. The zero-order valence-electron chi connectivity index (χ0n) is 15.8. The average Bonchev–Trinajstić information content (AvgIpc) is 2.97. The fourth-order valence-electron chi connectivity index (χ4n) is 2.65. The van der Waals surface area contributed by atoms with Gasteiger partial charge in [-0.15, -0.1) is 5.10 Å². The standard InChI is InChI=1S/C20H20FN3O3S/c1-13-19(25)24(12-14-4-7-16(21)8-5-14)20(28-13)23-22-11-15-6-9-17(26-2)10-18(15)27-3/h4-11,13H,12H2,1-3H3. The minimum atomic E-state index is -0.314. The number of thioether (sulfide) groups is 1. The van der Waals surface area contributed by atoms with Gasteiger partial charge in [-0.2, -0.15) is 5.10 Å². The number of rotatable bonds is 6. The molecule has 1 amide bonds. The van der Waals surface area contributed by atoms with E-state index in [0.717, 1.165) is 11.1 Å². The molecule has 0 N–H and O–H groups in total. The van der Waals surface area contributed by atoms with Gasteiger partial charge < -0.3 is 9.47 Å². The van der Waals surface area contributed by atoms with Gasteiger partial charge in [0.1, 0.15) is 17.3 Å². The molecule has 2 aromatic carbocycles. The number of carbonyl (C=O) groups excluding carboxylic acids is 1. The van der Waals surface area contributed by atoms with E-state index in [4.69, 9.17) is 9.47 Å². The normalized spacial score (nSPS) is 18.3. The topological polar surface area (TPSA) is 63.5 Å². The molecule has 8 heteroatoms. The Labute approximate surface area is 167 Å². The molecule has 2 aromatic rings. The molecule has 1 aliphatic heterocycles. The Hall–Kier alpha value is -2.87. The number of carbonyl (C=O) groups is 1. The van der Waals surface area contributed by atoms with Crippen molar-refractivity contribution in [3.8, 4) is 11.5 Å². The van der Waals surface area contributed by atoms with Crippen LogP contribution in [0.5, 0.6) is 11.5 Å². The van der Waals surface area contributed by atoms with Crippen molar-refractivity contribution in [3.63, 3.8) is 0 Å². The van der Waals surface area contributed by atoms with Gasteiger partial charge in [-0.1, -0.05) is 23.9 Å². The first-order valence-electron chi connectivity index (χ1n) is 8.57. The average molecular weight is 401 g/mol. The van der Waals surface area contributed by atoms with E-state index in [0.29, 0.717) is 23.2 Å². The van der Waals surface area contributed by atoms with Gasteiger partial charge in [-0.25, -0.2) is 4.39 Å². The Morgan fingerprint density at radius 3 is 2.61 bits per heavy atom. The molecule has 146 valence electrons. The summed E-state index contributed by atoms with van der Waals surface area (Å²) >= 11 is 1.34. The lowest BCUT2D eigenvalue weighted by atomic mass is 10.2. The number of amidine groups is 1. The largest absolute Gasteiger partial charge is 0.497 e. The lowest BCUT2D eigenvalue weighted by molar-refractivity contribution is -0.126. The van der Waals surface area contributed by atoms with Crippen LogP contribution in [0.15, 0.2) is 52.7 Å². The van der Waals surface area contributed by atoms with Crippen LogP contribution in [0.4, 0.5) is 4.39 Å². The Morgan fingerprint density at radius 1 is 1.18 bits per heavy atom. The van der Waals surface area contributed by atoms with Crippen LogP contribution in [-0.2, 0) is 11.3 Å². The summed E-state index contributed by atoms with van der Waals surface area (Å²) < 4.78 is 23.6. The minimum Gasteiger partial charge on any atom is -0.497 e. The molecule has 28 heavy (non-hydrogen) atoms. The number of nitrogens with zero attached hydrogens (tertiary/aromatic N) is 3. The maximum atomic E-state index is 13.1. The fourth-order valence-corrected chi connectivity index (χ4v) is 3.57. The molecule has 1 heterocycles. The molecule has 1 atom stereocenters. The summed E-state index contributed by atoms with van der Waals surface area (Å²) in [7, 11) is 3.15. The number of benzene rings is 2. The number of ether oxygens (including phenoxy) is 2. The first-order chi connectivity index (χ1) is 13.5. The second-order valence-corrected chi connectivity index (χ2v) is 7.35. The van der Waals surface area contributed by atoms with Gasteiger partial charge in [-0.3, -0.25) is 9.69 Å². The van der Waals surface area contributed by atoms with Crippen LogP contribution in [0.3, 0.4) is 0 Å². The quantitative estimate of drug-likeness (QED) is 0.547. The predicted molar refractivity (Wildman–Crippen MR) is 109 cm³/mol. The molecule has 0 aliphatic carbocycles. The Balaban J connectivity index is 1.80. The van der Waals surface area contributed by atoms with Crippen molar-refractivity contribution in [2.24, 2.45) is 10.2 Å². The van der Waals surface area contributed by atoms with Crippen LogP contribution in [0, 0.1) is 5.82 Å². The number of methoxy groups -OCH3 is 2.